The van der Waals surface area contributed by atoms with Crippen LogP contribution in [0.15, 0.2) is 6.33 Å². The van der Waals surface area contributed by atoms with Gasteiger partial charge in [0.25, 0.3) is 5.78 Å². The van der Waals surface area contributed by atoms with Crippen molar-refractivity contribution in [3.63, 3.8) is 0 Å². The standard InChI is InChI=1S/C17H29N5/c1-6-7-14-13(9-8-12(2)10-17(3,4)5)15(18)22-16(21-14)19-11-20-22/h11-12H,6-10,18H2,1-5H3. The molecule has 0 aliphatic carbocycles. The van der Waals surface area contributed by atoms with E-state index in [0.29, 0.717) is 22.9 Å². The highest BCUT2D eigenvalue weighted by Crippen LogP contribution is 2.28. The van der Waals surface area contributed by atoms with E-state index in [1.807, 2.05) is 0 Å². The molecule has 2 aromatic rings. The van der Waals surface area contributed by atoms with Gasteiger partial charge in [-0.25, -0.2) is 4.98 Å². The van der Waals surface area contributed by atoms with Crippen LogP contribution in [0, 0.1) is 11.3 Å². The van der Waals surface area contributed by atoms with E-state index in [0.717, 1.165) is 36.9 Å². The van der Waals surface area contributed by atoms with Crippen LogP contribution in [0.2, 0.25) is 0 Å². The molecule has 0 aliphatic rings. The molecule has 0 saturated heterocycles. The number of nitrogens with zero attached hydrogens (tertiary/aromatic N) is 4. The lowest BCUT2D eigenvalue weighted by Crippen LogP contribution is -2.14. The van der Waals surface area contributed by atoms with Crippen molar-refractivity contribution in [2.75, 3.05) is 5.73 Å². The van der Waals surface area contributed by atoms with Crippen molar-refractivity contribution in [3.05, 3.63) is 17.6 Å². The number of nitrogens with two attached hydrogens (primary N) is 1. The molecule has 2 aromatic heterocycles. The van der Waals surface area contributed by atoms with Gasteiger partial charge in [-0.15, -0.1) is 0 Å². The third-order valence-corrected chi connectivity index (χ3v) is 3.99. The number of hydrogen-bond acceptors (Lipinski definition) is 4. The smallest absolute Gasteiger partial charge is 0.254 e. The summed E-state index contributed by atoms with van der Waals surface area (Å²) in [7, 11) is 0. The predicted octanol–water partition coefficient (Wildman–Crippen LogP) is 3.66. The van der Waals surface area contributed by atoms with Crippen LogP contribution in [0.5, 0.6) is 0 Å². The molecule has 0 saturated carbocycles. The Kier molecular flexibility index (Phi) is 5.04. The third kappa shape index (κ3) is 3.96. The van der Waals surface area contributed by atoms with Crippen LogP contribution in [-0.2, 0) is 12.8 Å². The first-order chi connectivity index (χ1) is 10.3. The zero-order valence-electron chi connectivity index (χ0n) is 14.6. The van der Waals surface area contributed by atoms with Gasteiger partial charge in [-0.05, 0) is 37.0 Å². The van der Waals surface area contributed by atoms with E-state index in [1.54, 1.807) is 4.52 Å². The van der Waals surface area contributed by atoms with Crippen LogP contribution in [0.4, 0.5) is 5.82 Å². The zero-order chi connectivity index (χ0) is 16.3. The maximum atomic E-state index is 6.33. The highest BCUT2D eigenvalue weighted by molar-refractivity contribution is 5.49. The summed E-state index contributed by atoms with van der Waals surface area (Å²) in [5, 5.41) is 4.18. The molecule has 0 radical (unpaired) electrons. The molecule has 22 heavy (non-hydrogen) atoms. The van der Waals surface area contributed by atoms with Gasteiger partial charge < -0.3 is 5.73 Å². The normalized spacial score (nSPS) is 13.7. The van der Waals surface area contributed by atoms with Crippen LogP contribution < -0.4 is 5.73 Å². The highest BCUT2D eigenvalue weighted by Gasteiger charge is 2.18. The maximum absolute atomic E-state index is 6.33. The van der Waals surface area contributed by atoms with Crippen molar-refractivity contribution >= 4 is 11.6 Å². The Balaban J connectivity index is 2.21. The fourth-order valence-electron chi connectivity index (χ4n) is 3.20. The SMILES string of the molecule is CCCc1nc2ncnn2c(N)c1CCC(C)CC(C)(C)C. The van der Waals surface area contributed by atoms with Gasteiger partial charge in [-0.2, -0.15) is 14.6 Å². The minimum atomic E-state index is 0.366. The molecular formula is C17H29N5. The lowest BCUT2D eigenvalue weighted by molar-refractivity contribution is 0.297. The van der Waals surface area contributed by atoms with Crippen molar-refractivity contribution in [1.82, 2.24) is 19.6 Å². The van der Waals surface area contributed by atoms with Gasteiger partial charge in [0, 0.05) is 5.56 Å². The number of nitrogen functional groups attached to an aromatic ring is 1. The number of hydrogen-bond donors (Lipinski definition) is 1. The first-order valence-electron chi connectivity index (χ1n) is 8.28. The number of aromatic nitrogens is 4. The van der Waals surface area contributed by atoms with Crippen molar-refractivity contribution in [3.8, 4) is 0 Å². The summed E-state index contributed by atoms with van der Waals surface area (Å²) >= 11 is 0. The molecule has 0 aromatic carbocycles. The molecule has 0 amide bonds. The average Bonchev–Trinajstić information content (AvgIpc) is 2.85. The Hall–Kier alpha value is -1.65. The Bertz CT molecular complexity index is 624. The number of fused-ring (bicyclic) bond motifs is 1. The third-order valence-electron chi connectivity index (χ3n) is 3.99. The summed E-state index contributed by atoms with van der Waals surface area (Å²) in [4.78, 5) is 8.82. The van der Waals surface area contributed by atoms with Gasteiger partial charge in [0.15, 0.2) is 0 Å². The summed E-state index contributed by atoms with van der Waals surface area (Å²) in [5.41, 5.74) is 8.93. The fourth-order valence-corrected chi connectivity index (χ4v) is 3.20. The fraction of sp³-hybridized carbons (Fsp3) is 0.706. The molecule has 122 valence electrons. The number of rotatable bonds is 6. The number of aryl methyl sites for hydroxylation is 1. The summed E-state index contributed by atoms with van der Waals surface area (Å²) in [6.07, 6.45) is 6.81. The monoisotopic (exact) mass is 303 g/mol. The molecule has 2 heterocycles. The molecule has 0 fully saturated rings. The van der Waals surface area contributed by atoms with E-state index < -0.39 is 0 Å². The summed E-state index contributed by atoms with van der Waals surface area (Å²) in [5.74, 6) is 1.97. The lowest BCUT2D eigenvalue weighted by Gasteiger charge is -2.23. The second-order valence-electron chi connectivity index (χ2n) is 7.55. The van der Waals surface area contributed by atoms with Gasteiger partial charge in [-0.1, -0.05) is 41.0 Å². The molecule has 1 atom stereocenters. The minimum Gasteiger partial charge on any atom is -0.383 e. The molecule has 0 spiro atoms. The van der Waals surface area contributed by atoms with Crippen LogP contribution >= 0.6 is 0 Å². The van der Waals surface area contributed by atoms with E-state index in [1.165, 1.54) is 12.7 Å². The Morgan fingerprint density at radius 2 is 2.00 bits per heavy atom. The van der Waals surface area contributed by atoms with Gasteiger partial charge in [0.1, 0.15) is 12.1 Å². The van der Waals surface area contributed by atoms with E-state index >= 15 is 0 Å². The Morgan fingerprint density at radius 1 is 1.27 bits per heavy atom. The van der Waals surface area contributed by atoms with Crippen LogP contribution in [-0.4, -0.2) is 19.6 Å². The molecule has 2 N–H and O–H groups in total. The van der Waals surface area contributed by atoms with Crippen molar-refractivity contribution in [2.24, 2.45) is 11.3 Å². The quantitative estimate of drug-likeness (QED) is 0.884. The van der Waals surface area contributed by atoms with Crippen molar-refractivity contribution < 1.29 is 0 Å². The Morgan fingerprint density at radius 3 is 2.64 bits per heavy atom. The van der Waals surface area contributed by atoms with Gasteiger partial charge >= 0.3 is 0 Å². The minimum absolute atomic E-state index is 0.366. The predicted molar refractivity (Wildman–Crippen MR) is 90.7 cm³/mol. The molecule has 5 heteroatoms. The highest BCUT2D eigenvalue weighted by atomic mass is 15.3. The van der Waals surface area contributed by atoms with E-state index in [-0.39, 0.29) is 0 Å². The van der Waals surface area contributed by atoms with Gasteiger partial charge in [0.05, 0.1) is 5.69 Å². The second kappa shape index (κ2) is 6.63. The molecule has 5 nitrogen and oxygen atoms in total. The van der Waals surface area contributed by atoms with Crippen LogP contribution in [0.3, 0.4) is 0 Å². The zero-order valence-corrected chi connectivity index (χ0v) is 14.6. The average molecular weight is 303 g/mol. The largest absolute Gasteiger partial charge is 0.383 e. The van der Waals surface area contributed by atoms with Gasteiger partial charge in [-0.3, -0.25) is 0 Å². The summed E-state index contributed by atoms with van der Waals surface area (Å²) < 4.78 is 1.66. The van der Waals surface area contributed by atoms with Crippen molar-refractivity contribution in [2.45, 2.75) is 66.7 Å². The van der Waals surface area contributed by atoms with E-state index in [4.69, 9.17) is 5.73 Å². The molecule has 1 unspecified atom stereocenters. The first-order valence-corrected chi connectivity index (χ1v) is 8.28. The van der Waals surface area contributed by atoms with Crippen LogP contribution in [0.25, 0.3) is 5.78 Å². The molecule has 2 rings (SSSR count). The van der Waals surface area contributed by atoms with Crippen molar-refractivity contribution in [1.29, 1.82) is 0 Å². The molecule has 0 bridgehead atoms. The number of anilines is 1. The maximum Gasteiger partial charge on any atom is 0.254 e. The lowest BCUT2D eigenvalue weighted by atomic mass is 9.83. The Labute approximate surface area is 133 Å². The van der Waals surface area contributed by atoms with Gasteiger partial charge in [0.2, 0.25) is 0 Å². The summed E-state index contributed by atoms with van der Waals surface area (Å²) in [6, 6.07) is 0. The first kappa shape index (κ1) is 16.7. The topological polar surface area (TPSA) is 69.1 Å². The van der Waals surface area contributed by atoms with Crippen LogP contribution in [0.1, 0.15) is 65.1 Å². The molecule has 0 aliphatic heterocycles. The molecular weight excluding hydrogens is 274 g/mol. The van der Waals surface area contributed by atoms with E-state index in [2.05, 4.69) is 49.7 Å². The summed E-state index contributed by atoms with van der Waals surface area (Å²) in [6.45, 7) is 11.4. The van der Waals surface area contributed by atoms with E-state index in [9.17, 15) is 0 Å². The second-order valence-corrected chi connectivity index (χ2v) is 7.55.